The summed E-state index contributed by atoms with van der Waals surface area (Å²) in [5.41, 5.74) is 3.62. The highest BCUT2D eigenvalue weighted by Crippen LogP contribution is 2.30. The highest BCUT2D eigenvalue weighted by atomic mass is 14.8. The maximum Gasteiger partial charge on any atom is -0.00115 e. The molecule has 0 amide bonds. The van der Waals surface area contributed by atoms with Gasteiger partial charge in [-0.15, -0.1) is 0 Å². The predicted molar refractivity (Wildman–Crippen MR) is 52.2 cm³/mol. The van der Waals surface area contributed by atoms with Gasteiger partial charge in [0.25, 0.3) is 0 Å². The summed E-state index contributed by atoms with van der Waals surface area (Å²) in [5.74, 6) is 0. The van der Waals surface area contributed by atoms with E-state index in [4.69, 9.17) is 0 Å². The minimum atomic E-state index is 1.22. The summed E-state index contributed by atoms with van der Waals surface area (Å²) in [6.45, 7) is 2.45. The van der Waals surface area contributed by atoms with Gasteiger partial charge < -0.3 is 5.32 Å². The van der Waals surface area contributed by atoms with Gasteiger partial charge in [-0.25, -0.2) is 0 Å². The molecule has 0 radical (unpaired) electrons. The molecule has 2 rings (SSSR count). The average Bonchev–Trinajstić information content (AvgIpc) is 2.48. The molecule has 0 aromatic heterocycles. The molecule has 1 N–H and O–H groups in total. The van der Waals surface area contributed by atoms with Crippen molar-refractivity contribution < 1.29 is 0 Å². The maximum atomic E-state index is 3.47. The standard InChI is InChI=1S/C11H19N/c1-2-5-10(4-1)11-6-3-8-12-9-7-11/h12H,1-9H2. The average molecular weight is 165 g/mol. The van der Waals surface area contributed by atoms with Gasteiger partial charge in [0, 0.05) is 0 Å². The van der Waals surface area contributed by atoms with Gasteiger partial charge in [-0.3, -0.25) is 0 Å². The van der Waals surface area contributed by atoms with Crippen LogP contribution in [0, 0.1) is 0 Å². The van der Waals surface area contributed by atoms with Crippen molar-refractivity contribution >= 4 is 0 Å². The third-order valence-electron chi connectivity index (χ3n) is 3.14. The molecule has 12 heavy (non-hydrogen) atoms. The highest BCUT2D eigenvalue weighted by molar-refractivity contribution is 5.17. The molecule has 1 aliphatic heterocycles. The molecule has 0 spiro atoms. The summed E-state index contributed by atoms with van der Waals surface area (Å²) in [6, 6.07) is 0. The lowest BCUT2D eigenvalue weighted by Crippen LogP contribution is -2.13. The Morgan fingerprint density at radius 1 is 0.667 bits per heavy atom. The minimum Gasteiger partial charge on any atom is -0.316 e. The Balaban J connectivity index is 2.03. The minimum absolute atomic E-state index is 1.22. The second-order valence-corrected chi connectivity index (χ2v) is 4.02. The largest absolute Gasteiger partial charge is 0.316 e. The highest BCUT2D eigenvalue weighted by Gasteiger charge is 2.13. The Bertz CT molecular complexity index is 163. The van der Waals surface area contributed by atoms with Crippen molar-refractivity contribution in [3.8, 4) is 0 Å². The van der Waals surface area contributed by atoms with E-state index in [1.165, 1.54) is 58.0 Å². The van der Waals surface area contributed by atoms with Gasteiger partial charge in [0.05, 0.1) is 0 Å². The van der Waals surface area contributed by atoms with Crippen LogP contribution < -0.4 is 5.32 Å². The lowest BCUT2D eigenvalue weighted by atomic mass is 10.0. The molecule has 0 aromatic rings. The fourth-order valence-electron chi connectivity index (χ4n) is 2.42. The first-order chi connectivity index (χ1) is 5.97. The summed E-state index contributed by atoms with van der Waals surface area (Å²) < 4.78 is 0. The molecule has 1 heterocycles. The Kier molecular flexibility index (Phi) is 2.83. The zero-order chi connectivity index (χ0) is 8.23. The Hall–Kier alpha value is -0.300. The van der Waals surface area contributed by atoms with E-state index in [9.17, 15) is 0 Å². The number of hydrogen-bond donors (Lipinski definition) is 1. The number of rotatable bonds is 0. The quantitative estimate of drug-likeness (QED) is 0.544. The monoisotopic (exact) mass is 165 g/mol. The summed E-state index contributed by atoms with van der Waals surface area (Å²) in [4.78, 5) is 0. The van der Waals surface area contributed by atoms with E-state index in [2.05, 4.69) is 5.32 Å². The maximum absolute atomic E-state index is 3.47. The van der Waals surface area contributed by atoms with Crippen LogP contribution in [0.5, 0.6) is 0 Å². The zero-order valence-electron chi connectivity index (χ0n) is 7.86. The third-order valence-corrected chi connectivity index (χ3v) is 3.14. The fourth-order valence-corrected chi connectivity index (χ4v) is 2.42. The van der Waals surface area contributed by atoms with Crippen LogP contribution in [0.3, 0.4) is 0 Å². The van der Waals surface area contributed by atoms with E-state index in [0.717, 1.165) is 0 Å². The smallest absolute Gasteiger partial charge is 0.00115 e. The van der Waals surface area contributed by atoms with E-state index >= 15 is 0 Å². The lowest BCUT2D eigenvalue weighted by Gasteiger charge is -2.06. The SMILES string of the molecule is C1CCC(=C2CCCNCC2)C1. The van der Waals surface area contributed by atoms with Crippen molar-refractivity contribution in [2.75, 3.05) is 13.1 Å². The van der Waals surface area contributed by atoms with E-state index in [1.807, 2.05) is 5.57 Å². The van der Waals surface area contributed by atoms with Crippen molar-refractivity contribution in [3.05, 3.63) is 11.1 Å². The third kappa shape index (κ3) is 1.89. The zero-order valence-corrected chi connectivity index (χ0v) is 7.86. The predicted octanol–water partition coefficient (Wildman–Crippen LogP) is 2.63. The molecular weight excluding hydrogens is 146 g/mol. The molecule has 68 valence electrons. The summed E-state index contributed by atoms with van der Waals surface area (Å²) in [7, 11) is 0. The Labute approximate surface area is 75.2 Å². The van der Waals surface area contributed by atoms with Crippen molar-refractivity contribution in [3.63, 3.8) is 0 Å². The molecule has 1 heteroatoms. The van der Waals surface area contributed by atoms with Crippen LogP contribution in [0.1, 0.15) is 44.9 Å². The molecular formula is C11H19N. The van der Waals surface area contributed by atoms with E-state index in [0.29, 0.717) is 0 Å². The van der Waals surface area contributed by atoms with Gasteiger partial charge in [-0.05, 0) is 58.0 Å². The second kappa shape index (κ2) is 4.08. The molecule has 2 aliphatic rings. The summed E-state index contributed by atoms with van der Waals surface area (Å²) in [6.07, 6.45) is 9.79. The van der Waals surface area contributed by atoms with Gasteiger partial charge >= 0.3 is 0 Å². The van der Waals surface area contributed by atoms with Crippen LogP contribution in [-0.4, -0.2) is 13.1 Å². The molecule has 2 fully saturated rings. The van der Waals surface area contributed by atoms with Crippen LogP contribution in [0.2, 0.25) is 0 Å². The molecule has 0 bridgehead atoms. The van der Waals surface area contributed by atoms with Gasteiger partial charge in [-0.2, -0.15) is 0 Å². The number of allylic oxidation sites excluding steroid dienone is 1. The molecule has 1 aliphatic carbocycles. The van der Waals surface area contributed by atoms with E-state index in [1.54, 1.807) is 5.57 Å². The fraction of sp³-hybridized carbons (Fsp3) is 0.818. The summed E-state index contributed by atoms with van der Waals surface area (Å²) in [5, 5.41) is 3.47. The first-order valence-corrected chi connectivity index (χ1v) is 5.37. The second-order valence-electron chi connectivity index (χ2n) is 4.02. The Morgan fingerprint density at radius 3 is 2.17 bits per heavy atom. The van der Waals surface area contributed by atoms with Crippen LogP contribution in [0.25, 0.3) is 0 Å². The van der Waals surface area contributed by atoms with Crippen LogP contribution in [-0.2, 0) is 0 Å². The number of nitrogens with one attached hydrogen (secondary N) is 1. The molecule has 1 saturated heterocycles. The topological polar surface area (TPSA) is 12.0 Å². The van der Waals surface area contributed by atoms with Gasteiger partial charge in [-0.1, -0.05) is 11.1 Å². The lowest BCUT2D eigenvalue weighted by molar-refractivity contribution is 0.703. The van der Waals surface area contributed by atoms with Gasteiger partial charge in [0.2, 0.25) is 0 Å². The van der Waals surface area contributed by atoms with Crippen molar-refractivity contribution in [2.24, 2.45) is 0 Å². The van der Waals surface area contributed by atoms with Gasteiger partial charge in [0.15, 0.2) is 0 Å². The van der Waals surface area contributed by atoms with Crippen LogP contribution in [0.15, 0.2) is 11.1 Å². The van der Waals surface area contributed by atoms with Crippen LogP contribution in [0.4, 0.5) is 0 Å². The molecule has 1 saturated carbocycles. The molecule has 0 aromatic carbocycles. The van der Waals surface area contributed by atoms with E-state index in [-0.39, 0.29) is 0 Å². The normalized spacial score (nSPS) is 26.0. The first-order valence-electron chi connectivity index (χ1n) is 5.37. The van der Waals surface area contributed by atoms with Crippen LogP contribution >= 0.6 is 0 Å². The molecule has 0 atom stereocenters. The van der Waals surface area contributed by atoms with Crippen molar-refractivity contribution in [1.82, 2.24) is 5.32 Å². The summed E-state index contributed by atoms with van der Waals surface area (Å²) >= 11 is 0. The van der Waals surface area contributed by atoms with Crippen molar-refractivity contribution in [2.45, 2.75) is 44.9 Å². The molecule has 0 unspecified atom stereocenters. The van der Waals surface area contributed by atoms with E-state index < -0.39 is 0 Å². The number of hydrogen-bond acceptors (Lipinski definition) is 1. The van der Waals surface area contributed by atoms with Crippen molar-refractivity contribution in [1.29, 1.82) is 0 Å². The Morgan fingerprint density at radius 2 is 1.33 bits per heavy atom. The molecule has 1 nitrogen and oxygen atoms in total. The first kappa shape index (κ1) is 8.31. The van der Waals surface area contributed by atoms with Gasteiger partial charge in [0.1, 0.15) is 0 Å².